The molecule has 0 N–H and O–H groups in total. The van der Waals surface area contributed by atoms with Crippen molar-refractivity contribution in [2.75, 3.05) is 37.7 Å². The van der Waals surface area contributed by atoms with Gasteiger partial charge in [0.1, 0.15) is 0 Å². The van der Waals surface area contributed by atoms with E-state index in [0.717, 1.165) is 36.0 Å². The number of amides is 1. The van der Waals surface area contributed by atoms with E-state index >= 15 is 0 Å². The largest absolute Gasteiger partial charge is 0.337 e. The molecule has 1 heterocycles. The molecule has 2 aromatic carbocycles. The highest BCUT2D eigenvalue weighted by atomic mass is 32.2. The maximum Gasteiger partial charge on any atom is 0.227 e. The smallest absolute Gasteiger partial charge is 0.227 e. The van der Waals surface area contributed by atoms with Crippen molar-refractivity contribution in [1.82, 2.24) is 9.80 Å². The first-order valence-corrected chi connectivity index (χ1v) is 11.9. The molecule has 0 saturated carbocycles. The Kier molecular flexibility index (Phi) is 6.73. The molecule has 3 rings (SSSR count). The molecule has 28 heavy (non-hydrogen) atoms. The van der Waals surface area contributed by atoms with Crippen LogP contribution in [0.4, 0.5) is 0 Å². The molecule has 1 atom stereocenters. The number of rotatable bonds is 8. The summed E-state index contributed by atoms with van der Waals surface area (Å²) < 4.78 is 24.0. The van der Waals surface area contributed by atoms with Gasteiger partial charge < -0.3 is 9.80 Å². The zero-order valence-electron chi connectivity index (χ0n) is 16.8. The molecule has 0 aromatic heterocycles. The third kappa shape index (κ3) is 4.92. The summed E-state index contributed by atoms with van der Waals surface area (Å²) in [4.78, 5) is 17.3. The first-order chi connectivity index (χ1) is 13.4. The Morgan fingerprint density at radius 1 is 1.04 bits per heavy atom. The van der Waals surface area contributed by atoms with Gasteiger partial charge in [0.05, 0.1) is 17.9 Å². The number of carbonyl (C=O) groups is 1. The normalized spacial score (nSPS) is 18.6. The lowest BCUT2D eigenvalue weighted by Crippen LogP contribution is -2.46. The van der Waals surface area contributed by atoms with E-state index in [-0.39, 0.29) is 23.5 Å². The van der Waals surface area contributed by atoms with Gasteiger partial charge in [-0.05, 0) is 35.8 Å². The molecule has 1 saturated heterocycles. The highest BCUT2D eigenvalue weighted by molar-refractivity contribution is 7.91. The van der Waals surface area contributed by atoms with Crippen molar-refractivity contribution in [1.29, 1.82) is 0 Å². The molecule has 0 spiro atoms. The molecule has 1 aliphatic heterocycles. The number of fused-ring (bicyclic) bond motifs is 1. The van der Waals surface area contributed by atoms with Gasteiger partial charge in [-0.2, -0.15) is 0 Å². The molecule has 1 amide bonds. The number of benzene rings is 2. The number of nitrogens with zero attached hydrogens (tertiary/aromatic N) is 2. The third-order valence-corrected chi connectivity index (χ3v) is 7.49. The predicted octanol–water partition coefficient (Wildman–Crippen LogP) is 2.74. The van der Waals surface area contributed by atoms with Gasteiger partial charge in [-0.25, -0.2) is 8.42 Å². The Morgan fingerprint density at radius 3 is 2.43 bits per heavy atom. The fourth-order valence-electron chi connectivity index (χ4n) is 4.03. The van der Waals surface area contributed by atoms with Gasteiger partial charge in [-0.1, -0.05) is 56.3 Å². The van der Waals surface area contributed by atoms with Crippen LogP contribution >= 0.6 is 0 Å². The van der Waals surface area contributed by atoms with Crippen LogP contribution in [0.2, 0.25) is 0 Å². The standard InChI is InChI=1S/C22H30N2O3S/c1-3-23(4-2)13-14-24(20-12-15-28(26,27)17-20)22(25)16-19-10-7-9-18-8-5-6-11-21(18)19/h5-11,20H,3-4,12-17H2,1-2H3. The van der Waals surface area contributed by atoms with Gasteiger partial charge in [0.25, 0.3) is 0 Å². The van der Waals surface area contributed by atoms with Crippen LogP contribution in [0, 0.1) is 0 Å². The average molecular weight is 403 g/mol. The third-order valence-electron chi connectivity index (χ3n) is 5.74. The van der Waals surface area contributed by atoms with Gasteiger partial charge in [0.15, 0.2) is 9.84 Å². The minimum Gasteiger partial charge on any atom is -0.337 e. The highest BCUT2D eigenvalue weighted by Crippen LogP contribution is 2.22. The maximum absolute atomic E-state index is 13.3. The lowest BCUT2D eigenvalue weighted by atomic mass is 10.0. The van der Waals surface area contributed by atoms with Gasteiger partial charge in [-0.3, -0.25) is 4.79 Å². The molecule has 5 nitrogen and oxygen atoms in total. The van der Waals surface area contributed by atoms with Crippen LogP contribution in [0.5, 0.6) is 0 Å². The van der Waals surface area contributed by atoms with E-state index in [0.29, 0.717) is 19.4 Å². The summed E-state index contributed by atoms with van der Waals surface area (Å²) in [6.07, 6.45) is 0.845. The molecular formula is C22H30N2O3S. The molecule has 0 aliphatic carbocycles. The fraction of sp³-hybridized carbons (Fsp3) is 0.500. The van der Waals surface area contributed by atoms with E-state index in [1.54, 1.807) is 0 Å². The van der Waals surface area contributed by atoms with Crippen molar-refractivity contribution in [3.8, 4) is 0 Å². The van der Waals surface area contributed by atoms with Crippen LogP contribution in [0.1, 0.15) is 25.8 Å². The molecule has 2 aromatic rings. The monoisotopic (exact) mass is 402 g/mol. The minimum absolute atomic E-state index is 0.0191. The Balaban J connectivity index is 1.81. The SMILES string of the molecule is CCN(CC)CCN(C(=O)Cc1cccc2ccccc12)C1CCS(=O)(=O)C1. The second-order valence-electron chi connectivity index (χ2n) is 7.49. The molecule has 152 valence electrons. The summed E-state index contributed by atoms with van der Waals surface area (Å²) in [5.74, 6) is 0.290. The predicted molar refractivity (Wildman–Crippen MR) is 114 cm³/mol. The number of carbonyl (C=O) groups excluding carboxylic acids is 1. The zero-order chi connectivity index (χ0) is 20.1. The number of hydrogen-bond acceptors (Lipinski definition) is 4. The van der Waals surface area contributed by atoms with E-state index < -0.39 is 9.84 Å². The summed E-state index contributed by atoms with van der Waals surface area (Å²) in [7, 11) is -3.04. The number of likely N-dealkylation sites (N-methyl/N-ethyl adjacent to an activating group) is 1. The Labute approximate surface area is 168 Å². The van der Waals surface area contributed by atoms with Crippen molar-refractivity contribution in [3.05, 3.63) is 48.0 Å². The summed E-state index contributed by atoms with van der Waals surface area (Å²) >= 11 is 0. The van der Waals surface area contributed by atoms with E-state index in [4.69, 9.17) is 0 Å². The van der Waals surface area contributed by atoms with Gasteiger partial charge in [-0.15, -0.1) is 0 Å². The molecule has 1 unspecified atom stereocenters. The van der Waals surface area contributed by atoms with E-state index in [1.807, 2.05) is 47.4 Å². The van der Waals surface area contributed by atoms with Crippen LogP contribution in [-0.2, 0) is 21.1 Å². The summed E-state index contributed by atoms with van der Waals surface area (Å²) in [6, 6.07) is 13.9. The van der Waals surface area contributed by atoms with E-state index in [9.17, 15) is 13.2 Å². The van der Waals surface area contributed by atoms with Gasteiger partial charge in [0, 0.05) is 19.1 Å². The van der Waals surface area contributed by atoms with Crippen LogP contribution in [-0.4, -0.2) is 67.9 Å². The minimum atomic E-state index is -3.04. The average Bonchev–Trinajstić information content (AvgIpc) is 3.05. The van der Waals surface area contributed by atoms with Crippen LogP contribution in [0.15, 0.2) is 42.5 Å². The first kappa shape index (κ1) is 20.8. The maximum atomic E-state index is 13.3. The highest BCUT2D eigenvalue weighted by Gasteiger charge is 2.34. The zero-order valence-corrected chi connectivity index (χ0v) is 17.6. The molecule has 1 fully saturated rings. The summed E-state index contributed by atoms with van der Waals surface area (Å²) in [5, 5.41) is 2.20. The Bertz CT molecular complexity index is 917. The van der Waals surface area contributed by atoms with E-state index in [1.165, 1.54) is 0 Å². The Hall–Kier alpha value is -1.92. The molecular weight excluding hydrogens is 372 g/mol. The first-order valence-electron chi connectivity index (χ1n) is 10.1. The van der Waals surface area contributed by atoms with Crippen LogP contribution < -0.4 is 0 Å². The number of hydrogen-bond donors (Lipinski definition) is 0. The molecule has 0 bridgehead atoms. The summed E-state index contributed by atoms with van der Waals surface area (Å²) in [5.41, 5.74) is 0.997. The fourth-order valence-corrected chi connectivity index (χ4v) is 5.76. The number of sulfone groups is 1. The quantitative estimate of drug-likeness (QED) is 0.681. The van der Waals surface area contributed by atoms with Crippen molar-refractivity contribution >= 4 is 26.5 Å². The van der Waals surface area contributed by atoms with Crippen molar-refractivity contribution < 1.29 is 13.2 Å². The Morgan fingerprint density at radius 2 is 1.75 bits per heavy atom. The molecule has 6 heteroatoms. The lowest BCUT2D eigenvalue weighted by molar-refractivity contribution is -0.132. The molecule has 0 radical (unpaired) electrons. The van der Waals surface area contributed by atoms with Crippen LogP contribution in [0.3, 0.4) is 0 Å². The van der Waals surface area contributed by atoms with Crippen LogP contribution in [0.25, 0.3) is 10.8 Å². The van der Waals surface area contributed by atoms with E-state index in [2.05, 4.69) is 18.7 Å². The second kappa shape index (κ2) is 9.05. The van der Waals surface area contributed by atoms with Crippen molar-refractivity contribution in [3.63, 3.8) is 0 Å². The summed E-state index contributed by atoms with van der Waals surface area (Å²) in [6.45, 7) is 7.39. The topological polar surface area (TPSA) is 57.7 Å². The molecule has 1 aliphatic rings. The lowest BCUT2D eigenvalue weighted by Gasteiger charge is -2.31. The van der Waals surface area contributed by atoms with Crippen molar-refractivity contribution in [2.45, 2.75) is 32.7 Å². The van der Waals surface area contributed by atoms with Gasteiger partial charge >= 0.3 is 0 Å². The second-order valence-corrected chi connectivity index (χ2v) is 9.71. The van der Waals surface area contributed by atoms with Crippen molar-refractivity contribution in [2.24, 2.45) is 0 Å². The van der Waals surface area contributed by atoms with Gasteiger partial charge in [0.2, 0.25) is 5.91 Å².